The number of hydrogen-bond acceptors (Lipinski definition) is 6. The van der Waals surface area contributed by atoms with Crippen LogP contribution in [0.5, 0.6) is 0 Å². The van der Waals surface area contributed by atoms with Crippen LogP contribution in [0.3, 0.4) is 0 Å². The molecule has 0 N–H and O–H groups in total. The first-order chi connectivity index (χ1) is 11.8. The average molecular weight is 361 g/mol. The van der Waals surface area contributed by atoms with E-state index < -0.39 is 11.0 Å². The molecular formula is C17H19N3O4S. The third kappa shape index (κ3) is 2.16. The zero-order valence-corrected chi connectivity index (χ0v) is 15.1. The molecule has 1 saturated carbocycles. The molecule has 1 saturated heterocycles. The molecule has 0 spiro atoms. The zero-order valence-electron chi connectivity index (χ0n) is 14.3. The molecule has 2 aromatic heterocycles. The van der Waals surface area contributed by atoms with Gasteiger partial charge in [-0.25, -0.2) is 0 Å². The van der Waals surface area contributed by atoms with Crippen LogP contribution in [0.2, 0.25) is 0 Å². The minimum Gasteiger partial charge on any atom is -0.469 e. The number of methoxy groups -OCH3 is 1. The second-order valence-corrected chi connectivity index (χ2v) is 8.46. The fourth-order valence-corrected chi connectivity index (χ4v) is 5.42. The molecule has 0 aromatic carbocycles. The van der Waals surface area contributed by atoms with Crippen LogP contribution in [-0.4, -0.2) is 46.4 Å². The summed E-state index contributed by atoms with van der Waals surface area (Å²) in [5.41, 5.74) is -0.790. The molecule has 2 fully saturated rings. The van der Waals surface area contributed by atoms with Gasteiger partial charge in [0, 0.05) is 30.7 Å². The van der Waals surface area contributed by atoms with Gasteiger partial charge in [-0.2, -0.15) is 4.98 Å². The summed E-state index contributed by atoms with van der Waals surface area (Å²) >= 11 is 1.30. The summed E-state index contributed by atoms with van der Waals surface area (Å²) in [6, 6.07) is 1.26. The number of carbonyl (C=O) groups excluding carboxylic acids is 2. The van der Waals surface area contributed by atoms with Gasteiger partial charge in [0.2, 0.25) is 0 Å². The smallest absolute Gasteiger partial charge is 0.314 e. The molecule has 0 unspecified atom stereocenters. The van der Waals surface area contributed by atoms with Crippen LogP contribution >= 0.6 is 11.3 Å². The number of rotatable bonds is 2. The predicted octanol–water partition coefficient (Wildman–Crippen LogP) is 1.42. The second-order valence-electron chi connectivity index (χ2n) is 7.59. The summed E-state index contributed by atoms with van der Waals surface area (Å²) in [7, 11) is 1.39. The van der Waals surface area contributed by atoms with E-state index in [2.05, 4.69) is 18.8 Å². The number of hydrogen-bond donors (Lipinski definition) is 0. The first kappa shape index (κ1) is 16.3. The number of thiazole rings is 1. The molecule has 0 radical (unpaired) electrons. The number of likely N-dealkylation sites (tertiary alicyclic amines) is 1. The summed E-state index contributed by atoms with van der Waals surface area (Å²) in [6.07, 6.45) is 2.43. The molecule has 0 bridgehead atoms. The highest BCUT2D eigenvalue weighted by Crippen LogP contribution is 2.63. The lowest BCUT2D eigenvalue weighted by Crippen LogP contribution is -2.57. The van der Waals surface area contributed by atoms with Crippen LogP contribution < -0.4 is 5.56 Å². The maximum absolute atomic E-state index is 13.1. The van der Waals surface area contributed by atoms with Crippen LogP contribution in [0.25, 0.3) is 4.96 Å². The maximum Gasteiger partial charge on any atom is 0.314 e. The Morgan fingerprint density at radius 3 is 2.84 bits per heavy atom. The van der Waals surface area contributed by atoms with Crippen molar-refractivity contribution in [3.05, 3.63) is 33.7 Å². The average Bonchev–Trinajstić information content (AvgIpc) is 3.15. The molecule has 1 aliphatic heterocycles. The van der Waals surface area contributed by atoms with Crippen LogP contribution in [0.4, 0.5) is 0 Å². The van der Waals surface area contributed by atoms with Crippen LogP contribution in [0.15, 0.2) is 22.4 Å². The highest BCUT2D eigenvalue weighted by molar-refractivity contribution is 7.15. The van der Waals surface area contributed by atoms with Crippen molar-refractivity contribution in [1.82, 2.24) is 14.3 Å². The Kier molecular flexibility index (Phi) is 3.34. The molecule has 7 nitrogen and oxygen atoms in total. The van der Waals surface area contributed by atoms with Crippen molar-refractivity contribution in [2.24, 2.45) is 16.7 Å². The maximum atomic E-state index is 13.1. The minimum absolute atomic E-state index is 0.0179. The normalized spacial score (nSPS) is 27.0. The number of fused-ring (bicyclic) bond motifs is 2. The highest BCUT2D eigenvalue weighted by atomic mass is 32.1. The number of ether oxygens (including phenoxy) is 1. The lowest BCUT2D eigenvalue weighted by molar-refractivity contribution is -0.174. The van der Waals surface area contributed by atoms with E-state index in [4.69, 9.17) is 4.74 Å². The first-order valence-corrected chi connectivity index (χ1v) is 9.01. The number of aromatic nitrogens is 2. The van der Waals surface area contributed by atoms with Gasteiger partial charge >= 0.3 is 5.97 Å². The minimum atomic E-state index is -0.625. The van der Waals surface area contributed by atoms with Gasteiger partial charge in [0.25, 0.3) is 11.5 Å². The Bertz CT molecular complexity index is 947. The third-order valence-electron chi connectivity index (χ3n) is 5.67. The lowest BCUT2D eigenvalue weighted by Gasteiger charge is -2.54. The molecule has 2 aliphatic rings. The number of esters is 1. The first-order valence-electron chi connectivity index (χ1n) is 8.13. The Morgan fingerprint density at radius 1 is 1.40 bits per heavy atom. The van der Waals surface area contributed by atoms with E-state index >= 15 is 0 Å². The molecule has 2 atom stereocenters. The van der Waals surface area contributed by atoms with Gasteiger partial charge in [0.05, 0.1) is 12.5 Å². The van der Waals surface area contributed by atoms with Gasteiger partial charge in [-0.3, -0.25) is 18.8 Å². The van der Waals surface area contributed by atoms with Crippen molar-refractivity contribution in [3.63, 3.8) is 0 Å². The van der Waals surface area contributed by atoms with Crippen molar-refractivity contribution in [3.8, 4) is 0 Å². The second kappa shape index (κ2) is 5.14. The van der Waals surface area contributed by atoms with E-state index in [1.54, 1.807) is 20.9 Å². The Labute approximate surface area is 148 Å². The van der Waals surface area contributed by atoms with Crippen LogP contribution in [-0.2, 0) is 9.53 Å². The molecular weight excluding hydrogens is 342 g/mol. The summed E-state index contributed by atoms with van der Waals surface area (Å²) in [4.78, 5) is 43.4. The van der Waals surface area contributed by atoms with E-state index in [0.29, 0.717) is 24.5 Å². The van der Waals surface area contributed by atoms with Crippen LogP contribution in [0, 0.1) is 16.7 Å². The van der Waals surface area contributed by atoms with E-state index in [9.17, 15) is 14.4 Å². The Morgan fingerprint density at radius 2 is 2.16 bits per heavy atom. The van der Waals surface area contributed by atoms with Gasteiger partial charge in [-0.05, 0) is 17.8 Å². The van der Waals surface area contributed by atoms with Crippen molar-refractivity contribution in [2.45, 2.75) is 20.3 Å². The quantitative estimate of drug-likeness (QED) is 0.756. The summed E-state index contributed by atoms with van der Waals surface area (Å²) in [5, 5.41) is 1.78. The van der Waals surface area contributed by atoms with Crippen LogP contribution in [0.1, 0.15) is 30.8 Å². The number of nitrogens with zero attached hydrogens (tertiary/aromatic N) is 3. The molecule has 2 aromatic rings. The standard InChI is InChI=1S/C17H19N3O4S/c1-16(2)8-17(14(23)24-3)9-19(7-11(16)17)13(22)10-6-12(21)18-15-20(10)4-5-25-15/h4-6,11H,7-9H2,1-3H3/t11-,17+/m1/s1. The van der Waals surface area contributed by atoms with Gasteiger partial charge in [-0.15, -0.1) is 11.3 Å². The van der Waals surface area contributed by atoms with Crippen molar-refractivity contribution >= 4 is 28.2 Å². The van der Waals surface area contributed by atoms with E-state index in [1.807, 2.05) is 0 Å². The molecule has 132 valence electrons. The summed E-state index contributed by atoms with van der Waals surface area (Å²) in [6.45, 7) is 5.04. The molecule has 1 aliphatic carbocycles. The fraction of sp³-hybridized carbons (Fsp3) is 0.529. The van der Waals surface area contributed by atoms with Gasteiger partial charge in [-0.1, -0.05) is 13.8 Å². The SMILES string of the molecule is COC(=O)[C@@]12CN(C(=O)c3cc(=O)nc4sccn34)C[C@@H]1C(C)(C)C2. The van der Waals surface area contributed by atoms with E-state index in [1.165, 1.54) is 24.5 Å². The van der Waals surface area contributed by atoms with Crippen molar-refractivity contribution < 1.29 is 14.3 Å². The predicted molar refractivity (Wildman–Crippen MR) is 91.6 cm³/mol. The molecule has 1 amide bonds. The number of amides is 1. The van der Waals surface area contributed by atoms with E-state index in [0.717, 1.165) is 0 Å². The third-order valence-corrected chi connectivity index (χ3v) is 6.43. The fourth-order valence-electron chi connectivity index (χ4n) is 4.70. The van der Waals surface area contributed by atoms with Gasteiger partial charge < -0.3 is 9.64 Å². The van der Waals surface area contributed by atoms with Gasteiger partial charge in [0.15, 0.2) is 4.96 Å². The summed E-state index contributed by atoms with van der Waals surface area (Å²) in [5.74, 6) is -0.436. The Hall–Kier alpha value is -2.22. The molecule has 4 rings (SSSR count). The monoisotopic (exact) mass is 361 g/mol. The Balaban J connectivity index is 1.71. The van der Waals surface area contributed by atoms with E-state index in [-0.39, 0.29) is 28.9 Å². The molecule has 3 heterocycles. The molecule has 8 heteroatoms. The van der Waals surface area contributed by atoms with Crippen molar-refractivity contribution in [1.29, 1.82) is 0 Å². The lowest BCUT2D eigenvalue weighted by atomic mass is 9.48. The molecule has 25 heavy (non-hydrogen) atoms. The topological polar surface area (TPSA) is 81.0 Å². The largest absolute Gasteiger partial charge is 0.469 e. The zero-order chi connectivity index (χ0) is 18.0. The van der Waals surface area contributed by atoms with Gasteiger partial charge in [0.1, 0.15) is 5.69 Å². The van der Waals surface area contributed by atoms with Crippen molar-refractivity contribution in [2.75, 3.05) is 20.2 Å². The summed E-state index contributed by atoms with van der Waals surface area (Å²) < 4.78 is 6.65. The number of carbonyl (C=O) groups is 2. The highest BCUT2D eigenvalue weighted by Gasteiger charge is 2.68.